The van der Waals surface area contributed by atoms with Crippen LogP contribution in [0.2, 0.25) is 0 Å². The number of methoxy groups -OCH3 is 1. The summed E-state index contributed by atoms with van der Waals surface area (Å²) in [6, 6.07) is 8.39. The van der Waals surface area contributed by atoms with E-state index in [2.05, 4.69) is 17.4 Å². The Labute approximate surface area is 156 Å². The smallest absolute Gasteiger partial charge is 0.410 e. The number of amides is 1. The SMILES string of the molecule is COCCCOc1cccc(CN[C@H]2CCN(C(=O)OC(C)(C)C)C2)c1. The van der Waals surface area contributed by atoms with E-state index in [1.165, 1.54) is 5.56 Å². The number of ether oxygens (including phenoxy) is 3. The van der Waals surface area contributed by atoms with Crippen LogP contribution < -0.4 is 10.1 Å². The van der Waals surface area contributed by atoms with Crippen LogP contribution in [0.25, 0.3) is 0 Å². The first-order valence-corrected chi connectivity index (χ1v) is 9.29. The Balaban J connectivity index is 1.74. The van der Waals surface area contributed by atoms with Crippen LogP contribution in [0.1, 0.15) is 39.2 Å². The molecular formula is C20H32N2O4. The molecule has 1 N–H and O–H groups in total. The fraction of sp³-hybridized carbons (Fsp3) is 0.650. The fourth-order valence-electron chi connectivity index (χ4n) is 2.82. The van der Waals surface area contributed by atoms with Gasteiger partial charge >= 0.3 is 6.09 Å². The lowest BCUT2D eigenvalue weighted by Crippen LogP contribution is -2.38. The molecule has 0 bridgehead atoms. The third-order valence-corrected chi connectivity index (χ3v) is 4.09. The predicted octanol–water partition coefficient (Wildman–Crippen LogP) is 3.20. The second kappa shape index (κ2) is 9.78. The van der Waals surface area contributed by atoms with Crippen LogP contribution in [0, 0.1) is 0 Å². The van der Waals surface area contributed by atoms with E-state index in [0.717, 1.165) is 31.7 Å². The molecular weight excluding hydrogens is 332 g/mol. The number of carbonyl (C=O) groups excluding carboxylic acids is 1. The predicted molar refractivity (Wildman–Crippen MR) is 101 cm³/mol. The molecule has 6 nitrogen and oxygen atoms in total. The van der Waals surface area contributed by atoms with Crippen molar-refractivity contribution in [1.29, 1.82) is 0 Å². The molecule has 0 unspecified atom stereocenters. The summed E-state index contributed by atoms with van der Waals surface area (Å²) in [5.74, 6) is 0.877. The van der Waals surface area contributed by atoms with Crippen molar-refractivity contribution in [3.63, 3.8) is 0 Å². The maximum Gasteiger partial charge on any atom is 0.410 e. The van der Waals surface area contributed by atoms with Crippen molar-refractivity contribution in [3.05, 3.63) is 29.8 Å². The van der Waals surface area contributed by atoms with Gasteiger partial charge < -0.3 is 24.4 Å². The van der Waals surface area contributed by atoms with Gasteiger partial charge in [-0.15, -0.1) is 0 Å². The van der Waals surface area contributed by atoms with E-state index in [9.17, 15) is 4.79 Å². The highest BCUT2D eigenvalue weighted by molar-refractivity contribution is 5.68. The van der Waals surface area contributed by atoms with Gasteiger partial charge in [0.1, 0.15) is 11.4 Å². The molecule has 1 heterocycles. The fourth-order valence-corrected chi connectivity index (χ4v) is 2.82. The number of benzene rings is 1. The molecule has 0 aliphatic carbocycles. The van der Waals surface area contributed by atoms with Gasteiger partial charge in [0.15, 0.2) is 0 Å². The Morgan fingerprint density at radius 1 is 1.31 bits per heavy atom. The van der Waals surface area contributed by atoms with Gasteiger partial charge in [-0.25, -0.2) is 4.79 Å². The van der Waals surface area contributed by atoms with Gasteiger partial charge in [-0.3, -0.25) is 0 Å². The monoisotopic (exact) mass is 364 g/mol. The molecule has 1 aliphatic heterocycles. The third kappa shape index (κ3) is 7.22. The summed E-state index contributed by atoms with van der Waals surface area (Å²) in [5, 5.41) is 3.52. The van der Waals surface area contributed by atoms with Crippen molar-refractivity contribution in [2.45, 2.75) is 51.8 Å². The van der Waals surface area contributed by atoms with Crippen LogP contribution in [-0.2, 0) is 16.0 Å². The number of hydrogen-bond donors (Lipinski definition) is 1. The standard InChI is InChI=1S/C20H32N2O4/c1-20(2,3)26-19(23)22-10-9-17(15-22)21-14-16-7-5-8-18(13-16)25-12-6-11-24-4/h5,7-8,13,17,21H,6,9-12,14-15H2,1-4H3/t17-/m0/s1. The second-order valence-corrected chi connectivity index (χ2v) is 7.64. The van der Waals surface area contributed by atoms with Gasteiger partial charge in [0.05, 0.1) is 6.61 Å². The zero-order chi connectivity index (χ0) is 19.0. The lowest BCUT2D eigenvalue weighted by Gasteiger charge is -2.24. The molecule has 1 amide bonds. The summed E-state index contributed by atoms with van der Waals surface area (Å²) >= 11 is 0. The lowest BCUT2D eigenvalue weighted by atomic mass is 10.2. The molecule has 1 atom stereocenters. The van der Waals surface area contributed by atoms with Crippen molar-refractivity contribution < 1.29 is 19.0 Å². The summed E-state index contributed by atoms with van der Waals surface area (Å²) in [7, 11) is 1.69. The maximum absolute atomic E-state index is 12.1. The molecule has 1 aromatic rings. The Bertz CT molecular complexity index is 571. The van der Waals surface area contributed by atoms with Gasteiger partial charge in [0.2, 0.25) is 0 Å². The van der Waals surface area contributed by atoms with Crippen molar-refractivity contribution >= 4 is 6.09 Å². The van der Waals surface area contributed by atoms with Crippen molar-refractivity contribution in [1.82, 2.24) is 10.2 Å². The Morgan fingerprint density at radius 2 is 2.12 bits per heavy atom. The molecule has 1 aliphatic rings. The van der Waals surface area contributed by atoms with Crippen LogP contribution in [0.3, 0.4) is 0 Å². The highest BCUT2D eigenvalue weighted by Gasteiger charge is 2.29. The van der Waals surface area contributed by atoms with E-state index >= 15 is 0 Å². The van der Waals surface area contributed by atoms with E-state index in [0.29, 0.717) is 19.8 Å². The molecule has 1 saturated heterocycles. The molecule has 146 valence electrons. The van der Waals surface area contributed by atoms with Crippen LogP contribution in [-0.4, -0.2) is 56.0 Å². The van der Waals surface area contributed by atoms with E-state index in [4.69, 9.17) is 14.2 Å². The largest absolute Gasteiger partial charge is 0.493 e. The normalized spacial score (nSPS) is 17.4. The summed E-state index contributed by atoms with van der Waals surface area (Å²) < 4.78 is 16.2. The van der Waals surface area contributed by atoms with Crippen LogP contribution in [0.15, 0.2) is 24.3 Å². The van der Waals surface area contributed by atoms with E-state index < -0.39 is 5.60 Å². The molecule has 0 spiro atoms. The molecule has 1 aromatic carbocycles. The second-order valence-electron chi connectivity index (χ2n) is 7.64. The Hall–Kier alpha value is -1.79. The van der Waals surface area contributed by atoms with Gasteiger partial charge in [-0.1, -0.05) is 12.1 Å². The van der Waals surface area contributed by atoms with E-state index in [1.54, 1.807) is 12.0 Å². The van der Waals surface area contributed by atoms with Crippen molar-refractivity contribution in [3.8, 4) is 5.75 Å². The average molecular weight is 364 g/mol. The first-order valence-electron chi connectivity index (χ1n) is 9.29. The maximum atomic E-state index is 12.1. The van der Waals surface area contributed by atoms with Gasteiger partial charge in [-0.2, -0.15) is 0 Å². The summed E-state index contributed by atoms with van der Waals surface area (Å²) in [6.07, 6.45) is 1.59. The number of hydrogen-bond acceptors (Lipinski definition) is 5. The molecule has 6 heteroatoms. The highest BCUT2D eigenvalue weighted by atomic mass is 16.6. The number of nitrogens with one attached hydrogen (secondary N) is 1. The highest BCUT2D eigenvalue weighted by Crippen LogP contribution is 2.17. The Kier molecular flexibility index (Phi) is 7.72. The minimum absolute atomic E-state index is 0.228. The number of nitrogens with zero attached hydrogens (tertiary/aromatic N) is 1. The molecule has 0 saturated carbocycles. The number of rotatable bonds is 8. The molecule has 0 aromatic heterocycles. The van der Waals surface area contributed by atoms with Gasteiger partial charge in [0, 0.05) is 45.8 Å². The average Bonchev–Trinajstić information content (AvgIpc) is 3.05. The quantitative estimate of drug-likeness (QED) is 0.718. The van der Waals surface area contributed by atoms with Crippen molar-refractivity contribution in [2.24, 2.45) is 0 Å². The van der Waals surface area contributed by atoms with Crippen molar-refractivity contribution in [2.75, 3.05) is 33.4 Å². The minimum Gasteiger partial charge on any atom is -0.493 e. The first-order chi connectivity index (χ1) is 12.4. The summed E-state index contributed by atoms with van der Waals surface area (Å²) in [6.45, 7) is 9.19. The van der Waals surface area contributed by atoms with E-state index in [1.807, 2.05) is 32.9 Å². The minimum atomic E-state index is -0.452. The summed E-state index contributed by atoms with van der Waals surface area (Å²) in [4.78, 5) is 13.9. The molecule has 26 heavy (non-hydrogen) atoms. The van der Waals surface area contributed by atoms with Crippen LogP contribution >= 0.6 is 0 Å². The number of carbonyl (C=O) groups is 1. The van der Waals surface area contributed by atoms with E-state index in [-0.39, 0.29) is 12.1 Å². The number of likely N-dealkylation sites (tertiary alicyclic amines) is 1. The van der Waals surface area contributed by atoms with Gasteiger partial charge in [-0.05, 0) is 44.9 Å². The third-order valence-electron chi connectivity index (χ3n) is 4.09. The molecule has 0 radical (unpaired) electrons. The molecule has 1 fully saturated rings. The zero-order valence-electron chi connectivity index (χ0n) is 16.4. The zero-order valence-corrected chi connectivity index (χ0v) is 16.4. The van der Waals surface area contributed by atoms with Crippen LogP contribution in [0.5, 0.6) is 5.75 Å². The summed E-state index contributed by atoms with van der Waals surface area (Å²) in [5.41, 5.74) is 0.719. The lowest BCUT2D eigenvalue weighted by molar-refractivity contribution is 0.0291. The topological polar surface area (TPSA) is 60.0 Å². The van der Waals surface area contributed by atoms with Gasteiger partial charge in [0.25, 0.3) is 0 Å². The van der Waals surface area contributed by atoms with Crippen LogP contribution in [0.4, 0.5) is 4.79 Å². The Morgan fingerprint density at radius 3 is 2.85 bits per heavy atom. The molecule has 2 rings (SSSR count). The first kappa shape index (κ1) is 20.5.